The summed E-state index contributed by atoms with van der Waals surface area (Å²) in [7, 11) is 0. The number of nitrogens with zero attached hydrogens (tertiary/aromatic N) is 6. The van der Waals surface area contributed by atoms with Gasteiger partial charge in [-0.25, -0.2) is 14.6 Å². The molecule has 5 rings (SSSR count). The van der Waals surface area contributed by atoms with Crippen molar-refractivity contribution in [2.75, 3.05) is 38.6 Å². The van der Waals surface area contributed by atoms with Gasteiger partial charge in [0.05, 0.1) is 24.1 Å². The van der Waals surface area contributed by atoms with E-state index >= 15 is 0 Å². The molecule has 0 spiro atoms. The molecule has 4 heterocycles. The maximum absolute atomic E-state index is 13.1. The van der Waals surface area contributed by atoms with E-state index in [1.54, 1.807) is 6.20 Å². The molecule has 4 aromatic rings. The first kappa shape index (κ1) is 24.8. The second-order valence-electron chi connectivity index (χ2n) is 10.0. The van der Waals surface area contributed by atoms with Gasteiger partial charge >= 0.3 is 0 Å². The molecular formula is C27H32N8O2. The van der Waals surface area contributed by atoms with Crippen molar-refractivity contribution in [1.29, 1.82) is 0 Å². The minimum Gasteiger partial charge on any atom is -0.383 e. The fourth-order valence-corrected chi connectivity index (χ4v) is 4.49. The molecule has 1 aromatic carbocycles. The molecule has 1 fully saturated rings. The topological polar surface area (TPSA) is 124 Å². The molecule has 3 aromatic heterocycles. The predicted molar refractivity (Wildman–Crippen MR) is 142 cm³/mol. The van der Waals surface area contributed by atoms with Gasteiger partial charge in [0.2, 0.25) is 0 Å². The lowest BCUT2D eigenvalue weighted by Crippen LogP contribution is -2.41. The van der Waals surface area contributed by atoms with Gasteiger partial charge in [0.1, 0.15) is 23.5 Å². The van der Waals surface area contributed by atoms with E-state index in [2.05, 4.69) is 25.2 Å². The fraction of sp³-hybridized carbons (Fsp3) is 0.370. The summed E-state index contributed by atoms with van der Waals surface area (Å²) in [6.07, 6.45) is 3.12. The van der Waals surface area contributed by atoms with E-state index in [1.807, 2.05) is 61.9 Å². The molecule has 0 saturated carbocycles. The molecule has 37 heavy (non-hydrogen) atoms. The number of carbonyl (C=O) groups excluding carboxylic acids is 1. The number of nitrogen functional groups attached to an aromatic ring is 1. The lowest BCUT2D eigenvalue weighted by molar-refractivity contribution is 0.0341. The Labute approximate surface area is 215 Å². The number of nitrogens with one attached hydrogen (secondary N) is 1. The van der Waals surface area contributed by atoms with Crippen LogP contribution in [0.5, 0.6) is 0 Å². The predicted octanol–water partition coefficient (Wildman–Crippen LogP) is 2.78. The molecular weight excluding hydrogens is 468 g/mol. The molecule has 10 heteroatoms. The van der Waals surface area contributed by atoms with Crippen LogP contribution in [0.2, 0.25) is 0 Å². The summed E-state index contributed by atoms with van der Waals surface area (Å²) in [5.41, 5.74) is 10.5. The number of nitrogens with two attached hydrogens (primary N) is 1. The highest BCUT2D eigenvalue weighted by molar-refractivity contribution is 5.98. The first-order valence-corrected chi connectivity index (χ1v) is 12.4. The largest absolute Gasteiger partial charge is 0.383 e. The molecule has 0 unspecified atom stereocenters. The Kier molecular flexibility index (Phi) is 6.86. The van der Waals surface area contributed by atoms with E-state index in [9.17, 15) is 4.79 Å². The van der Waals surface area contributed by atoms with Crippen molar-refractivity contribution in [3.8, 4) is 11.3 Å². The van der Waals surface area contributed by atoms with E-state index in [1.165, 1.54) is 6.33 Å². The number of hydrogen-bond donors (Lipinski definition) is 2. The van der Waals surface area contributed by atoms with Gasteiger partial charge in [-0.3, -0.25) is 14.7 Å². The summed E-state index contributed by atoms with van der Waals surface area (Å²) in [4.78, 5) is 28.4. The number of fused-ring (bicyclic) bond motifs is 1. The van der Waals surface area contributed by atoms with Gasteiger partial charge in [-0.05, 0) is 38.5 Å². The van der Waals surface area contributed by atoms with Gasteiger partial charge in [-0.2, -0.15) is 5.10 Å². The van der Waals surface area contributed by atoms with E-state index < -0.39 is 5.54 Å². The lowest BCUT2D eigenvalue weighted by Gasteiger charge is -2.27. The van der Waals surface area contributed by atoms with Crippen LogP contribution in [0, 0.1) is 6.92 Å². The average molecular weight is 501 g/mol. The monoisotopic (exact) mass is 500 g/mol. The number of amides is 1. The van der Waals surface area contributed by atoms with Gasteiger partial charge in [0.25, 0.3) is 5.91 Å². The molecule has 1 saturated heterocycles. The van der Waals surface area contributed by atoms with E-state index in [-0.39, 0.29) is 5.91 Å². The summed E-state index contributed by atoms with van der Waals surface area (Å²) >= 11 is 0. The zero-order valence-corrected chi connectivity index (χ0v) is 21.4. The summed E-state index contributed by atoms with van der Waals surface area (Å²) in [5.74, 6) is 0.134. The minimum absolute atomic E-state index is 0.235. The van der Waals surface area contributed by atoms with Crippen LogP contribution in [-0.2, 0) is 16.8 Å². The first-order chi connectivity index (χ1) is 17.8. The molecule has 1 aliphatic heterocycles. The molecule has 1 amide bonds. The Bertz CT molecular complexity index is 1410. The van der Waals surface area contributed by atoms with Gasteiger partial charge < -0.3 is 15.8 Å². The normalized spacial score (nSPS) is 14.7. The quantitative estimate of drug-likeness (QED) is 0.397. The fourth-order valence-electron chi connectivity index (χ4n) is 4.49. The van der Waals surface area contributed by atoms with E-state index in [0.29, 0.717) is 34.8 Å². The number of morpholine rings is 1. The Morgan fingerprint density at radius 1 is 1.11 bits per heavy atom. The third kappa shape index (κ3) is 5.30. The number of hydrogen-bond acceptors (Lipinski definition) is 8. The summed E-state index contributed by atoms with van der Waals surface area (Å²) in [6, 6.07) is 11.9. The van der Waals surface area contributed by atoms with Crippen molar-refractivity contribution in [1.82, 2.24) is 34.9 Å². The van der Waals surface area contributed by atoms with Crippen LogP contribution in [-0.4, -0.2) is 68.4 Å². The highest BCUT2D eigenvalue weighted by Gasteiger charge is 2.28. The first-order valence-electron chi connectivity index (χ1n) is 12.4. The van der Waals surface area contributed by atoms with Crippen molar-refractivity contribution >= 4 is 22.8 Å². The van der Waals surface area contributed by atoms with Crippen molar-refractivity contribution in [2.24, 2.45) is 0 Å². The van der Waals surface area contributed by atoms with Crippen LogP contribution >= 0.6 is 0 Å². The Balaban J connectivity index is 1.36. The molecule has 0 aliphatic carbocycles. The number of anilines is 1. The van der Waals surface area contributed by atoms with Crippen molar-refractivity contribution in [2.45, 2.75) is 32.9 Å². The van der Waals surface area contributed by atoms with E-state index in [0.717, 1.165) is 49.5 Å². The van der Waals surface area contributed by atoms with Gasteiger partial charge in [-0.15, -0.1) is 0 Å². The highest BCUT2D eigenvalue weighted by atomic mass is 16.5. The van der Waals surface area contributed by atoms with Crippen LogP contribution in [0.25, 0.3) is 22.3 Å². The number of benzene rings is 1. The zero-order chi connectivity index (χ0) is 26.0. The van der Waals surface area contributed by atoms with Crippen LogP contribution < -0.4 is 11.1 Å². The zero-order valence-electron chi connectivity index (χ0n) is 21.4. The lowest BCUT2D eigenvalue weighted by atomic mass is 10.1. The average Bonchev–Trinajstić information content (AvgIpc) is 3.31. The smallest absolute Gasteiger partial charge is 0.269 e. The maximum atomic E-state index is 13.1. The molecule has 0 bridgehead atoms. The third-order valence-electron chi connectivity index (χ3n) is 6.64. The summed E-state index contributed by atoms with van der Waals surface area (Å²) < 4.78 is 7.24. The molecule has 10 nitrogen and oxygen atoms in total. The Morgan fingerprint density at radius 2 is 1.86 bits per heavy atom. The second-order valence-corrected chi connectivity index (χ2v) is 10.0. The molecule has 0 radical (unpaired) electrons. The van der Waals surface area contributed by atoms with Gasteiger partial charge in [-0.1, -0.05) is 29.8 Å². The molecule has 3 N–H and O–H groups in total. The van der Waals surface area contributed by atoms with Crippen LogP contribution in [0.1, 0.15) is 35.5 Å². The third-order valence-corrected chi connectivity index (χ3v) is 6.64. The van der Waals surface area contributed by atoms with Crippen molar-refractivity contribution in [3.63, 3.8) is 0 Å². The highest BCUT2D eigenvalue weighted by Crippen LogP contribution is 2.33. The molecule has 1 aliphatic rings. The number of aromatic nitrogens is 5. The Hall–Kier alpha value is -3.89. The summed E-state index contributed by atoms with van der Waals surface area (Å²) in [5, 5.41) is 8.63. The van der Waals surface area contributed by atoms with Crippen LogP contribution in [0.3, 0.4) is 0 Å². The van der Waals surface area contributed by atoms with Crippen LogP contribution in [0.15, 0.2) is 48.9 Å². The number of carbonyl (C=O) groups is 1. The van der Waals surface area contributed by atoms with Crippen molar-refractivity contribution < 1.29 is 9.53 Å². The second kappa shape index (κ2) is 10.2. The minimum atomic E-state index is -0.608. The molecule has 0 atom stereocenters. The summed E-state index contributed by atoms with van der Waals surface area (Å²) in [6.45, 7) is 10.4. The van der Waals surface area contributed by atoms with Gasteiger partial charge in [0, 0.05) is 37.9 Å². The number of ether oxygens (including phenoxy) is 1. The standard InChI is InChI=1S/C27H32N8O2/c1-18-4-6-20(7-5-18)23-22-24(28)31-17-32-25(22)35(33-23)27(2,3)16-30-26(36)21-14-19(8-9-29-21)15-34-10-12-37-13-11-34/h4-9,14,17H,10-13,15-16H2,1-3H3,(H,30,36)(H2,28,31,32). The SMILES string of the molecule is Cc1ccc(-c2nn(C(C)(C)CNC(=O)c3cc(CN4CCOCC4)ccn3)c3ncnc(N)c23)cc1. The number of aryl methyl sites for hydroxylation is 1. The van der Waals surface area contributed by atoms with Crippen molar-refractivity contribution in [3.05, 3.63) is 65.7 Å². The molecule has 192 valence electrons. The number of rotatable bonds is 7. The van der Waals surface area contributed by atoms with E-state index in [4.69, 9.17) is 15.6 Å². The van der Waals surface area contributed by atoms with Crippen LogP contribution in [0.4, 0.5) is 5.82 Å². The Morgan fingerprint density at radius 3 is 2.62 bits per heavy atom. The maximum Gasteiger partial charge on any atom is 0.269 e. The van der Waals surface area contributed by atoms with Gasteiger partial charge in [0.15, 0.2) is 5.65 Å². The number of pyridine rings is 1.